The fraction of sp³-hybridized carbons (Fsp3) is 0.900. The van der Waals surface area contributed by atoms with Crippen molar-refractivity contribution in [2.24, 2.45) is 5.73 Å². The van der Waals surface area contributed by atoms with E-state index < -0.39 is 0 Å². The number of unbranched alkanes of at least 4 members (excludes halogenated alkanes) is 24. The van der Waals surface area contributed by atoms with Crippen molar-refractivity contribution in [2.45, 2.75) is 206 Å². The van der Waals surface area contributed by atoms with Crippen molar-refractivity contribution in [3.63, 3.8) is 0 Å². The maximum atomic E-state index is 6.40. The Morgan fingerprint density at radius 2 is 0.651 bits per heavy atom. The van der Waals surface area contributed by atoms with E-state index in [1.165, 1.54) is 167 Å². The first-order valence-corrected chi connectivity index (χ1v) is 19.4. The first-order chi connectivity index (χ1) is 21.1. The molecule has 3 heteroatoms. The monoisotopic (exact) mass is 606 g/mol. The highest BCUT2D eigenvalue weighted by Gasteiger charge is 2.18. The van der Waals surface area contributed by atoms with Crippen molar-refractivity contribution < 1.29 is 9.47 Å². The molecular formula is C40H79NO2. The SMILES string of the molecule is CCCCCCCCC=CCCCCCCCCOCC(C)(N)COCCCCCCCCC=CCCCCCCCC. The average molecular weight is 606 g/mol. The smallest absolute Gasteiger partial charge is 0.0666 e. The number of nitrogens with two attached hydrogens (primary N) is 1. The van der Waals surface area contributed by atoms with E-state index in [1.807, 2.05) is 0 Å². The van der Waals surface area contributed by atoms with E-state index in [1.54, 1.807) is 0 Å². The molecule has 0 heterocycles. The lowest BCUT2D eigenvalue weighted by molar-refractivity contribution is 0.0277. The van der Waals surface area contributed by atoms with Crippen molar-refractivity contribution >= 4 is 0 Å². The summed E-state index contributed by atoms with van der Waals surface area (Å²) in [4.78, 5) is 0. The fourth-order valence-corrected chi connectivity index (χ4v) is 5.56. The van der Waals surface area contributed by atoms with Crippen LogP contribution < -0.4 is 5.73 Å². The summed E-state index contributed by atoms with van der Waals surface area (Å²) in [5, 5.41) is 0. The summed E-state index contributed by atoms with van der Waals surface area (Å²) in [6.07, 6.45) is 47.0. The van der Waals surface area contributed by atoms with Gasteiger partial charge in [0.1, 0.15) is 0 Å². The summed E-state index contributed by atoms with van der Waals surface area (Å²) in [5.74, 6) is 0. The molecule has 0 atom stereocenters. The van der Waals surface area contributed by atoms with Crippen molar-refractivity contribution in [2.75, 3.05) is 26.4 Å². The third kappa shape index (κ3) is 37.5. The predicted molar refractivity (Wildman–Crippen MR) is 193 cm³/mol. The Labute approximate surface area is 271 Å². The van der Waals surface area contributed by atoms with Crippen molar-refractivity contribution in [3.8, 4) is 0 Å². The van der Waals surface area contributed by atoms with Gasteiger partial charge in [0.05, 0.1) is 18.8 Å². The molecule has 0 aromatic carbocycles. The van der Waals surface area contributed by atoms with Crippen LogP contribution in [0, 0.1) is 0 Å². The molecule has 0 aromatic rings. The molecular weight excluding hydrogens is 526 g/mol. The molecule has 0 unspecified atom stereocenters. The van der Waals surface area contributed by atoms with Crippen LogP contribution in [-0.2, 0) is 9.47 Å². The molecule has 0 fully saturated rings. The van der Waals surface area contributed by atoms with Gasteiger partial charge in [-0.3, -0.25) is 0 Å². The summed E-state index contributed by atoms with van der Waals surface area (Å²) in [5.41, 5.74) is 6.02. The van der Waals surface area contributed by atoms with Gasteiger partial charge < -0.3 is 15.2 Å². The van der Waals surface area contributed by atoms with E-state index in [2.05, 4.69) is 45.1 Å². The highest BCUT2D eigenvalue weighted by atomic mass is 16.5. The van der Waals surface area contributed by atoms with E-state index in [9.17, 15) is 0 Å². The first-order valence-electron chi connectivity index (χ1n) is 19.4. The Morgan fingerprint density at radius 3 is 0.953 bits per heavy atom. The molecule has 0 bridgehead atoms. The lowest BCUT2D eigenvalue weighted by Crippen LogP contribution is -2.46. The van der Waals surface area contributed by atoms with Crippen LogP contribution in [0.4, 0.5) is 0 Å². The molecule has 2 N–H and O–H groups in total. The molecule has 0 aliphatic carbocycles. The van der Waals surface area contributed by atoms with Crippen LogP contribution in [-0.4, -0.2) is 32.0 Å². The van der Waals surface area contributed by atoms with Gasteiger partial charge in [-0.05, 0) is 71.1 Å². The number of ether oxygens (including phenoxy) is 2. The molecule has 256 valence electrons. The van der Waals surface area contributed by atoms with Gasteiger partial charge in [-0.25, -0.2) is 0 Å². The molecule has 0 rings (SSSR count). The van der Waals surface area contributed by atoms with Crippen LogP contribution in [0.3, 0.4) is 0 Å². The van der Waals surface area contributed by atoms with Crippen LogP contribution in [0.5, 0.6) is 0 Å². The van der Waals surface area contributed by atoms with Crippen LogP contribution in [0.25, 0.3) is 0 Å². The van der Waals surface area contributed by atoms with E-state index >= 15 is 0 Å². The molecule has 0 aliphatic heterocycles. The summed E-state index contributed by atoms with van der Waals surface area (Å²) in [7, 11) is 0. The second-order valence-corrected chi connectivity index (χ2v) is 13.6. The first kappa shape index (κ1) is 42.4. The summed E-state index contributed by atoms with van der Waals surface area (Å²) in [6, 6.07) is 0. The zero-order valence-corrected chi connectivity index (χ0v) is 29.8. The Balaban J connectivity index is 3.33. The minimum atomic E-state index is -0.384. The summed E-state index contributed by atoms with van der Waals surface area (Å²) < 4.78 is 11.8. The Hall–Kier alpha value is -0.640. The molecule has 0 amide bonds. The van der Waals surface area contributed by atoms with Gasteiger partial charge in [0, 0.05) is 13.2 Å². The zero-order chi connectivity index (χ0) is 31.4. The van der Waals surface area contributed by atoms with Crippen LogP contribution >= 0.6 is 0 Å². The minimum absolute atomic E-state index is 0.384. The topological polar surface area (TPSA) is 44.5 Å². The lowest BCUT2D eigenvalue weighted by Gasteiger charge is -2.24. The molecule has 43 heavy (non-hydrogen) atoms. The van der Waals surface area contributed by atoms with Gasteiger partial charge in [0.15, 0.2) is 0 Å². The van der Waals surface area contributed by atoms with Gasteiger partial charge in [-0.1, -0.05) is 154 Å². The van der Waals surface area contributed by atoms with Crippen molar-refractivity contribution in [1.82, 2.24) is 0 Å². The van der Waals surface area contributed by atoms with Crippen molar-refractivity contribution in [1.29, 1.82) is 0 Å². The lowest BCUT2D eigenvalue weighted by atomic mass is 10.1. The van der Waals surface area contributed by atoms with Gasteiger partial charge >= 0.3 is 0 Å². The molecule has 0 saturated carbocycles. The van der Waals surface area contributed by atoms with E-state index in [0.29, 0.717) is 13.2 Å². The molecule has 0 aromatic heterocycles. The second-order valence-electron chi connectivity index (χ2n) is 13.6. The number of allylic oxidation sites excluding steroid dienone is 4. The highest BCUT2D eigenvalue weighted by Crippen LogP contribution is 2.12. The average Bonchev–Trinajstić information content (AvgIpc) is 3.00. The highest BCUT2D eigenvalue weighted by molar-refractivity contribution is 4.82. The van der Waals surface area contributed by atoms with Crippen LogP contribution in [0.2, 0.25) is 0 Å². The Kier molecular flexibility index (Phi) is 35.3. The zero-order valence-electron chi connectivity index (χ0n) is 29.8. The standard InChI is InChI=1S/C40H79NO2/c1-4-6-8-10-12-14-16-18-20-22-24-26-28-30-32-34-36-42-38-40(3,41)39-43-37-35-33-31-29-27-25-23-21-19-17-15-13-11-9-7-5-2/h18-21H,4-17,22-39,41H2,1-3H3. The number of hydrogen-bond donors (Lipinski definition) is 1. The molecule has 0 saturated heterocycles. The van der Waals surface area contributed by atoms with E-state index in [4.69, 9.17) is 15.2 Å². The quantitative estimate of drug-likeness (QED) is 0.0570. The molecule has 0 spiro atoms. The minimum Gasteiger partial charge on any atom is -0.379 e. The van der Waals surface area contributed by atoms with Gasteiger partial charge in [0.25, 0.3) is 0 Å². The van der Waals surface area contributed by atoms with Gasteiger partial charge in [0.2, 0.25) is 0 Å². The number of hydrogen-bond acceptors (Lipinski definition) is 3. The number of rotatable bonds is 36. The second kappa shape index (κ2) is 35.8. The summed E-state index contributed by atoms with van der Waals surface area (Å²) in [6.45, 7) is 9.45. The molecule has 3 nitrogen and oxygen atoms in total. The van der Waals surface area contributed by atoms with Crippen LogP contribution in [0.15, 0.2) is 24.3 Å². The fourth-order valence-electron chi connectivity index (χ4n) is 5.56. The third-order valence-corrected chi connectivity index (χ3v) is 8.46. The molecule has 0 radical (unpaired) electrons. The maximum absolute atomic E-state index is 6.40. The predicted octanol–water partition coefficient (Wildman–Crippen LogP) is 12.8. The Morgan fingerprint density at radius 1 is 0.395 bits per heavy atom. The summed E-state index contributed by atoms with van der Waals surface area (Å²) >= 11 is 0. The van der Waals surface area contributed by atoms with Gasteiger partial charge in [-0.15, -0.1) is 0 Å². The van der Waals surface area contributed by atoms with Gasteiger partial charge in [-0.2, -0.15) is 0 Å². The van der Waals surface area contributed by atoms with E-state index in [0.717, 1.165) is 26.1 Å². The van der Waals surface area contributed by atoms with E-state index in [-0.39, 0.29) is 5.54 Å². The largest absolute Gasteiger partial charge is 0.379 e. The normalized spacial score (nSPS) is 13.5. The van der Waals surface area contributed by atoms with Crippen molar-refractivity contribution in [3.05, 3.63) is 24.3 Å². The van der Waals surface area contributed by atoms with Crippen LogP contribution in [0.1, 0.15) is 201 Å². The third-order valence-electron chi connectivity index (χ3n) is 8.46. The molecule has 0 aliphatic rings. The Bertz CT molecular complexity index is 523. The maximum Gasteiger partial charge on any atom is 0.0666 e.